The molecule has 0 bridgehead atoms. The molecule has 4 nitrogen and oxygen atoms in total. The van der Waals surface area contributed by atoms with E-state index in [2.05, 4.69) is 52.0 Å². The molecule has 4 rings (SSSR count). The van der Waals surface area contributed by atoms with Crippen molar-refractivity contribution in [1.29, 1.82) is 0 Å². The molecule has 0 fully saturated rings. The van der Waals surface area contributed by atoms with Crippen molar-refractivity contribution in [3.8, 4) is 11.3 Å². The molecule has 2 aromatic carbocycles. The molecule has 0 unspecified atom stereocenters. The molecular formula is C25H28O4. The van der Waals surface area contributed by atoms with Gasteiger partial charge in [-0.1, -0.05) is 52.0 Å². The number of ether oxygens (including phenoxy) is 1. The second-order valence-corrected chi connectivity index (χ2v) is 9.25. The summed E-state index contributed by atoms with van der Waals surface area (Å²) < 4.78 is 10.6. The van der Waals surface area contributed by atoms with Gasteiger partial charge in [-0.15, -0.1) is 0 Å². The third-order valence-electron chi connectivity index (χ3n) is 6.23. The summed E-state index contributed by atoms with van der Waals surface area (Å²) in [4.78, 5) is 11.9. The van der Waals surface area contributed by atoms with E-state index in [9.17, 15) is 4.79 Å². The summed E-state index contributed by atoms with van der Waals surface area (Å²) in [6.07, 6.45) is 2.37. The summed E-state index contributed by atoms with van der Waals surface area (Å²) in [7, 11) is 0. The van der Waals surface area contributed by atoms with Gasteiger partial charge in [0.15, 0.2) is 0 Å². The fourth-order valence-corrected chi connectivity index (χ4v) is 4.28. The van der Waals surface area contributed by atoms with Gasteiger partial charge in [0.1, 0.15) is 12.4 Å². The fourth-order valence-electron chi connectivity index (χ4n) is 4.28. The SMILES string of the molecule is CC1(C)CCC(C)(C)c2cc3cc(-c4ccc(C(=O)OCCO)o4)ccc3cc21. The van der Waals surface area contributed by atoms with E-state index in [-0.39, 0.29) is 29.8 Å². The van der Waals surface area contributed by atoms with Crippen LogP contribution in [-0.2, 0) is 15.6 Å². The van der Waals surface area contributed by atoms with E-state index in [1.54, 1.807) is 12.1 Å². The first-order valence-electron chi connectivity index (χ1n) is 10.2. The van der Waals surface area contributed by atoms with Crippen LogP contribution >= 0.6 is 0 Å². The van der Waals surface area contributed by atoms with Crippen LogP contribution < -0.4 is 0 Å². The molecule has 0 spiro atoms. The Hall–Kier alpha value is -2.59. The van der Waals surface area contributed by atoms with Crippen molar-refractivity contribution in [2.75, 3.05) is 13.2 Å². The molecule has 1 aromatic heterocycles. The van der Waals surface area contributed by atoms with Crippen molar-refractivity contribution >= 4 is 16.7 Å². The van der Waals surface area contributed by atoms with Crippen LogP contribution in [0.5, 0.6) is 0 Å². The average molecular weight is 392 g/mol. The van der Waals surface area contributed by atoms with Crippen LogP contribution in [0.25, 0.3) is 22.1 Å². The Kier molecular flexibility index (Phi) is 4.78. The van der Waals surface area contributed by atoms with E-state index >= 15 is 0 Å². The Morgan fingerprint density at radius 1 is 0.966 bits per heavy atom. The highest BCUT2D eigenvalue weighted by molar-refractivity contribution is 5.90. The number of carbonyl (C=O) groups excluding carboxylic acids is 1. The zero-order valence-electron chi connectivity index (χ0n) is 17.5. The van der Waals surface area contributed by atoms with E-state index in [0.29, 0.717) is 5.76 Å². The molecule has 152 valence electrons. The Labute approximate surface area is 171 Å². The van der Waals surface area contributed by atoms with Crippen molar-refractivity contribution in [1.82, 2.24) is 0 Å². The van der Waals surface area contributed by atoms with Gasteiger partial charge in [-0.05, 0) is 63.8 Å². The number of aliphatic hydroxyl groups is 1. The lowest BCUT2D eigenvalue weighted by Gasteiger charge is -2.42. The Morgan fingerprint density at radius 2 is 1.62 bits per heavy atom. The third-order valence-corrected chi connectivity index (χ3v) is 6.23. The largest absolute Gasteiger partial charge is 0.457 e. The lowest BCUT2D eigenvalue weighted by Crippen LogP contribution is -2.33. The summed E-state index contributed by atoms with van der Waals surface area (Å²) in [5.74, 6) is 0.200. The summed E-state index contributed by atoms with van der Waals surface area (Å²) >= 11 is 0. The number of carbonyl (C=O) groups is 1. The van der Waals surface area contributed by atoms with Crippen LogP contribution in [0, 0.1) is 0 Å². The minimum Gasteiger partial charge on any atom is -0.457 e. The second-order valence-electron chi connectivity index (χ2n) is 9.25. The molecule has 1 aliphatic rings. The first-order valence-corrected chi connectivity index (χ1v) is 10.2. The Bertz CT molecular complexity index is 1070. The minimum absolute atomic E-state index is 0.0396. The number of rotatable bonds is 4. The summed E-state index contributed by atoms with van der Waals surface area (Å²) in [6.45, 7) is 9.08. The lowest BCUT2D eigenvalue weighted by molar-refractivity contribution is 0.0399. The molecule has 0 saturated heterocycles. The first kappa shape index (κ1) is 19.7. The lowest BCUT2D eigenvalue weighted by atomic mass is 9.63. The van der Waals surface area contributed by atoms with Crippen LogP contribution in [0.15, 0.2) is 46.9 Å². The number of aliphatic hydroxyl groups excluding tert-OH is 1. The maximum atomic E-state index is 11.9. The molecule has 3 aromatic rings. The molecule has 1 N–H and O–H groups in total. The highest BCUT2D eigenvalue weighted by Crippen LogP contribution is 2.47. The van der Waals surface area contributed by atoms with Gasteiger partial charge in [0, 0.05) is 5.56 Å². The number of hydrogen-bond donors (Lipinski definition) is 1. The van der Waals surface area contributed by atoms with E-state index < -0.39 is 5.97 Å². The zero-order valence-corrected chi connectivity index (χ0v) is 17.5. The summed E-state index contributed by atoms with van der Waals surface area (Å²) in [5, 5.41) is 11.2. The average Bonchev–Trinajstić information content (AvgIpc) is 3.19. The number of benzene rings is 2. The Balaban J connectivity index is 1.74. The predicted molar refractivity (Wildman–Crippen MR) is 114 cm³/mol. The monoisotopic (exact) mass is 392 g/mol. The van der Waals surface area contributed by atoms with Gasteiger partial charge in [0.05, 0.1) is 6.61 Å². The zero-order chi connectivity index (χ0) is 20.8. The van der Waals surface area contributed by atoms with Crippen molar-refractivity contribution in [2.24, 2.45) is 0 Å². The molecule has 1 heterocycles. The minimum atomic E-state index is -0.566. The maximum absolute atomic E-state index is 11.9. The van der Waals surface area contributed by atoms with Gasteiger partial charge < -0.3 is 14.3 Å². The van der Waals surface area contributed by atoms with E-state index in [1.807, 2.05) is 6.07 Å². The smallest absolute Gasteiger partial charge is 0.374 e. The molecule has 0 aliphatic heterocycles. The van der Waals surface area contributed by atoms with Gasteiger partial charge >= 0.3 is 5.97 Å². The number of esters is 1. The van der Waals surface area contributed by atoms with Gasteiger partial charge in [-0.3, -0.25) is 0 Å². The van der Waals surface area contributed by atoms with Crippen molar-refractivity contribution in [3.05, 3.63) is 59.4 Å². The van der Waals surface area contributed by atoms with E-state index in [4.69, 9.17) is 14.3 Å². The van der Waals surface area contributed by atoms with Gasteiger partial charge in [0.25, 0.3) is 0 Å². The third kappa shape index (κ3) is 3.58. The van der Waals surface area contributed by atoms with Gasteiger partial charge in [-0.25, -0.2) is 4.79 Å². The van der Waals surface area contributed by atoms with Crippen molar-refractivity contribution < 1.29 is 19.1 Å². The normalized spacial score (nSPS) is 17.1. The quantitative estimate of drug-likeness (QED) is 0.587. The number of hydrogen-bond acceptors (Lipinski definition) is 4. The van der Waals surface area contributed by atoms with E-state index in [0.717, 1.165) is 5.56 Å². The van der Waals surface area contributed by atoms with Gasteiger partial charge in [-0.2, -0.15) is 0 Å². The number of furan rings is 1. The second kappa shape index (κ2) is 7.03. The molecule has 0 radical (unpaired) electrons. The topological polar surface area (TPSA) is 59.7 Å². The molecule has 29 heavy (non-hydrogen) atoms. The van der Waals surface area contributed by atoms with Crippen LogP contribution in [-0.4, -0.2) is 24.3 Å². The summed E-state index contributed by atoms with van der Waals surface area (Å²) in [6, 6.07) is 14.3. The molecule has 0 amide bonds. The van der Waals surface area contributed by atoms with Crippen LogP contribution in [0.2, 0.25) is 0 Å². The van der Waals surface area contributed by atoms with Crippen molar-refractivity contribution in [3.63, 3.8) is 0 Å². The van der Waals surface area contributed by atoms with E-state index in [1.165, 1.54) is 34.7 Å². The number of fused-ring (bicyclic) bond motifs is 2. The van der Waals surface area contributed by atoms with Crippen molar-refractivity contribution in [2.45, 2.75) is 51.4 Å². The molecule has 0 atom stereocenters. The Morgan fingerprint density at radius 3 is 2.28 bits per heavy atom. The highest BCUT2D eigenvalue weighted by Gasteiger charge is 2.37. The van der Waals surface area contributed by atoms with Gasteiger partial charge in [0.2, 0.25) is 5.76 Å². The highest BCUT2D eigenvalue weighted by atomic mass is 16.6. The van der Waals surface area contributed by atoms with Crippen LogP contribution in [0.1, 0.15) is 62.2 Å². The summed E-state index contributed by atoms with van der Waals surface area (Å²) in [5.41, 5.74) is 4.13. The molecular weight excluding hydrogens is 364 g/mol. The van der Waals surface area contributed by atoms with Crippen LogP contribution in [0.3, 0.4) is 0 Å². The molecule has 1 aliphatic carbocycles. The van der Waals surface area contributed by atoms with Crippen LogP contribution in [0.4, 0.5) is 0 Å². The molecule has 0 saturated carbocycles. The molecule has 4 heteroatoms. The first-order chi connectivity index (χ1) is 13.7. The standard InChI is InChI=1S/C25H28O4/c1-24(2)9-10-25(3,4)20-15-18-13-17(6-5-16(18)14-19(20)24)21-7-8-22(29-21)23(27)28-12-11-26/h5-8,13-15,26H,9-12H2,1-4H3. The fraction of sp³-hybridized carbons (Fsp3) is 0.400. The predicted octanol–water partition coefficient (Wildman–Crippen LogP) is 5.60. The maximum Gasteiger partial charge on any atom is 0.374 e.